The smallest absolute Gasteiger partial charge is 0.251 e. The zero-order valence-electron chi connectivity index (χ0n) is 17.6. The Hall–Kier alpha value is -3.74. The number of ketones is 2. The van der Waals surface area contributed by atoms with E-state index in [1.165, 1.54) is 0 Å². The Labute approximate surface area is 179 Å². The maximum Gasteiger partial charge on any atom is 0.251 e. The second kappa shape index (κ2) is 7.50. The summed E-state index contributed by atoms with van der Waals surface area (Å²) < 4.78 is 2.07. The first kappa shape index (κ1) is 20.5. The highest BCUT2D eigenvalue weighted by atomic mass is 16.2. The number of amides is 2. The number of aromatic nitrogens is 1. The van der Waals surface area contributed by atoms with E-state index in [-0.39, 0.29) is 11.4 Å². The first-order valence-corrected chi connectivity index (χ1v) is 10.0. The number of anilines is 1. The Bertz CT molecular complexity index is 1200. The molecule has 2 amide bonds. The Balaban J connectivity index is 1.45. The minimum atomic E-state index is -1.14. The van der Waals surface area contributed by atoms with Crippen molar-refractivity contribution in [3.05, 3.63) is 65.9 Å². The van der Waals surface area contributed by atoms with E-state index in [0.717, 1.165) is 16.5 Å². The van der Waals surface area contributed by atoms with E-state index in [1.54, 1.807) is 12.1 Å². The van der Waals surface area contributed by atoms with Crippen LogP contribution in [0.15, 0.2) is 54.7 Å². The molecule has 158 valence electrons. The monoisotopic (exact) mass is 417 g/mol. The maximum atomic E-state index is 12.3. The highest BCUT2D eigenvalue weighted by molar-refractivity contribution is 6.67. The Morgan fingerprint density at radius 2 is 1.65 bits per heavy atom. The lowest BCUT2D eigenvalue weighted by molar-refractivity contribution is -0.122. The van der Waals surface area contributed by atoms with Crippen LogP contribution in [0.4, 0.5) is 5.69 Å². The summed E-state index contributed by atoms with van der Waals surface area (Å²) in [5.74, 6) is -3.09. The van der Waals surface area contributed by atoms with Crippen LogP contribution in [-0.4, -0.2) is 33.5 Å². The molecule has 1 aromatic heterocycles. The van der Waals surface area contributed by atoms with Gasteiger partial charge in [-0.1, -0.05) is 12.1 Å². The van der Waals surface area contributed by atoms with Gasteiger partial charge in [-0.2, -0.15) is 0 Å². The first-order chi connectivity index (χ1) is 14.6. The van der Waals surface area contributed by atoms with Crippen molar-refractivity contribution in [2.75, 3.05) is 5.32 Å². The van der Waals surface area contributed by atoms with Crippen molar-refractivity contribution in [1.82, 2.24) is 9.88 Å². The van der Waals surface area contributed by atoms with Gasteiger partial charge in [0, 0.05) is 40.4 Å². The van der Waals surface area contributed by atoms with Gasteiger partial charge in [0.15, 0.2) is 5.92 Å². The molecule has 1 aliphatic carbocycles. The highest BCUT2D eigenvalue weighted by Gasteiger charge is 2.53. The SMILES string of the molecule is CC(C)(C)NC(=O)c1ccc(Cn2ccc3cc(NC(=O)C4C(=O)C4=O)ccc32)cc1. The number of Topliss-reactive ketones (excluding diaryl/α,β-unsaturated/α-hetero) is 2. The second-order valence-electron chi connectivity index (χ2n) is 8.77. The number of carbonyl (C=O) groups excluding carboxylic acids is 4. The number of nitrogens with zero attached hydrogens (tertiary/aromatic N) is 1. The van der Waals surface area contributed by atoms with Gasteiger partial charge in [-0.3, -0.25) is 19.2 Å². The summed E-state index contributed by atoms with van der Waals surface area (Å²) >= 11 is 0. The van der Waals surface area contributed by atoms with Gasteiger partial charge >= 0.3 is 0 Å². The van der Waals surface area contributed by atoms with Crippen LogP contribution in [0, 0.1) is 5.92 Å². The van der Waals surface area contributed by atoms with E-state index in [2.05, 4.69) is 15.2 Å². The fourth-order valence-corrected chi connectivity index (χ4v) is 3.42. The van der Waals surface area contributed by atoms with Gasteiger partial charge in [0.25, 0.3) is 5.91 Å². The summed E-state index contributed by atoms with van der Waals surface area (Å²) in [6, 6.07) is 14.9. The molecule has 7 heteroatoms. The van der Waals surface area contributed by atoms with E-state index in [9.17, 15) is 19.2 Å². The third kappa shape index (κ3) is 4.40. The van der Waals surface area contributed by atoms with Crippen LogP contribution in [0.25, 0.3) is 10.9 Å². The number of benzene rings is 2. The number of hydrogen-bond donors (Lipinski definition) is 2. The molecule has 7 nitrogen and oxygen atoms in total. The van der Waals surface area contributed by atoms with Crippen LogP contribution < -0.4 is 10.6 Å². The predicted molar refractivity (Wildman–Crippen MR) is 117 cm³/mol. The molecule has 0 saturated heterocycles. The van der Waals surface area contributed by atoms with E-state index >= 15 is 0 Å². The molecular formula is C24H23N3O4. The van der Waals surface area contributed by atoms with Crippen molar-refractivity contribution in [2.45, 2.75) is 32.9 Å². The summed E-state index contributed by atoms with van der Waals surface area (Å²) in [6.07, 6.45) is 1.95. The molecule has 1 fully saturated rings. The average Bonchev–Trinajstić information content (AvgIpc) is 3.11. The minimum Gasteiger partial charge on any atom is -0.347 e. The van der Waals surface area contributed by atoms with E-state index < -0.39 is 23.4 Å². The van der Waals surface area contributed by atoms with Gasteiger partial charge in [-0.05, 0) is 62.7 Å². The molecule has 0 aliphatic heterocycles. The lowest BCUT2D eigenvalue weighted by Gasteiger charge is -2.20. The quantitative estimate of drug-likeness (QED) is 0.493. The van der Waals surface area contributed by atoms with Crippen LogP contribution >= 0.6 is 0 Å². The summed E-state index contributed by atoms with van der Waals surface area (Å²) in [5, 5.41) is 6.49. The molecule has 0 spiro atoms. The van der Waals surface area contributed by atoms with E-state index in [0.29, 0.717) is 17.8 Å². The van der Waals surface area contributed by atoms with Gasteiger partial charge in [-0.15, -0.1) is 0 Å². The minimum absolute atomic E-state index is 0.102. The molecular weight excluding hydrogens is 394 g/mol. The standard InChI is InChI=1S/C24H23N3O4/c1-24(2,3)26-22(30)15-6-4-14(5-7-15)13-27-11-10-16-12-17(8-9-18(16)27)25-23(31)19-20(28)21(19)29/h4-12,19H,13H2,1-3H3,(H,25,31)(H,26,30). The Kier molecular flexibility index (Phi) is 4.97. The second-order valence-corrected chi connectivity index (χ2v) is 8.77. The van der Waals surface area contributed by atoms with Gasteiger partial charge in [-0.25, -0.2) is 0 Å². The number of fused-ring (bicyclic) bond motifs is 1. The largest absolute Gasteiger partial charge is 0.347 e. The van der Waals surface area contributed by atoms with Crippen LogP contribution in [-0.2, 0) is 20.9 Å². The summed E-state index contributed by atoms with van der Waals surface area (Å²) in [6.45, 7) is 6.45. The number of nitrogens with one attached hydrogen (secondary N) is 2. The van der Waals surface area contributed by atoms with Gasteiger partial charge < -0.3 is 15.2 Å². The topological polar surface area (TPSA) is 97.3 Å². The van der Waals surface area contributed by atoms with Gasteiger partial charge in [0.1, 0.15) is 0 Å². The first-order valence-electron chi connectivity index (χ1n) is 10.0. The average molecular weight is 417 g/mol. The fourth-order valence-electron chi connectivity index (χ4n) is 3.42. The Morgan fingerprint density at radius 3 is 2.26 bits per heavy atom. The van der Waals surface area contributed by atoms with Crippen molar-refractivity contribution in [3.8, 4) is 0 Å². The van der Waals surface area contributed by atoms with Crippen LogP contribution in [0.5, 0.6) is 0 Å². The molecule has 2 aromatic carbocycles. The maximum absolute atomic E-state index is 12.3. The molecule has 1 heterocycles. The predicted octanol–water partition coefficient (Wildman–Crippen LogP) is 2.92. The molecule has 0 bridgehead atoms. The van der Waals surface area contributed by atoms with Crippen molar-refractivity contribution in [3.63, 3.8) is 0 Å². The van der Waals surface area contributed by atoms with Gasteiger partial charge in [0.05, 0.1) is 0 Å². The van der Waals surface area contributed by atoms with Crippen molar-refractivity contribution in [2.24, 2.45) is 5.92 Å². The lowest BCUT2D eigenvalue weighted by Crippen LogP contribution is -2.40. The molecule has 4 rings (SSSR count). The molecule has 3 aromatic rings. The molecule has 1 saturated carbocycles. The molecule has 0 unspecified atom stereocenters. The van der Waals surface area contributed by atoms with Crippen LogP contribution in [0.1, 0.15) is 36.7 Å². The lowest BCUT2D eigenvalue weighted by atomic mass is 10.1. The molecule has 1 aliphatic rings. The van der Waals surface area contributed by atoms with Crippen LogP contribution in [0.2, 0.25) is 0 Å². The zero-order chi connectivity index (χ0) is 22.3. The van der Waals surface area contributed by atoms with Crippen LogP contribution in [0.3, 0.4) is 0 Å². The Morgan fingerprint density at radius 1 is 0.968 bits per heavy atom. The summed E-state index contributed by atoms with van der Waals surface area (Å²) in [7, 11) is 0. The number of rotatable bonds is 5. The van der Waals surface area contributed by atoms with Crippen molar-refractivity contribution < 1.29 is 19.2 Å². The normalized spacial score (nSPS) is 14.0. The molecule has 31 heavy (non-hydrogen) atoms. The summed E-state index contributed by atoms with van der Waals surface area (Å²) in [4.78, 5) is 46.5. The number of carbonyl (C=O) groups is 4. The summed E-state index contributed by atoms with van der Waals surface area (Å²) in [5.41, 5.74) is 2.89. The van der Waals surface area contributed by atoms with Gasteiger partial charge in [0.2, 0.25) is 17.5 Å². The fraction of sp³-hybridized carbons (Fsp3) is 0.250. The van der Waals surface area contributed by atoms with Crippen molar-refractivity contribution >= 4 is 40.0 Å². The molecule has 0 atom stereocenters. The third-order valence-corrected chi connectivity index (χ3v) is 5.04. The molecule has 0 radical (unpaired) electrons. The third-order valence-electron chi connectivity index (χ3n) is 5.04. The molecule has 2 N–H and O–H groups in total. The zero-order valence-corrected chi connectivity index (χ0v) is 17.6. The number of hydrogen-bond acceptors (Lipinski definition) is 4. The van der Waals surface area contributed by atoms with E-state index in [4.69, 9.17) is 0 Å². The van der Waals surface area contributed by atoms with E-state index in [1.807, 2.05) is 63.4 Å². The van der Waals surface area contributed by atoms with Crippen molar-refractivity contribution in [1.29, 1.82) is 0 Å². The highest BCUT2D eigenvalue weighted by Crippen LogP contribution is 2.25.